The van der Waals surface area contributed by atoms with Crippen LogP contribution in [-0.2, 0) is 16.0 Å². The van der Waals surface area contributed by atoms with Crippen LogP contribution in [0.5, 0.6) is 0 Å². The lowest BCUT2D eigenvalue weighted by Gasteiger charge is -2.14. The Morgan fingerprint density at radius 1 is 1.00 bits per heavy atom. The summed E-state index contributed by atoms with van der Waals surface area (Å²) in [7, 11) is 4.17. The number of nitrogens with one attached hydrogen (secondary N) is 1. The highest BCUT2D eigenvalue weighted by atomic mass is 16.5. The van der Waals surface area contributed by atoms with Gasteiger partial charge >= 0.3 is 0 Å². The first-order chi connectivity index (χ1) is 11.6. The van der Waals surface area contributed by atoms with Gasteiger partial charge in [0.1, 0.15) is 0 Å². The lowest BCUT2D eigenvalue weighted by atomic mass is 10.0. The maximum Gasteiger partial charge on any atom is 0.278 e. The van der Waals surface area contributed by atoms with E-state index in [0.29, 0.717) is 5.90 Å². The summed E-state index contributed by atoms with van der Waals surface area (Å²) in [5.41, 5.74) is 6.92. The number of nitrogens with zero attached hydrogens (tertiary/aromatic N) is 2. The van der Waals surface area contributed by atoms with Gasteiger partial charge in [0, 0.05) is 12.1 Å². The molecular formula is C19H21N3O2. The number of benzene rings is 2. The Balaban J connectivity index is 1.70. The Hall–Kier alpha value is -2.66. The Morgan fingerprint density at radius 2 is 1.58 bits per heavy atom. The molecule has 0 aromatic heterocycles. The van der Waals surface area contributed by atoms with E-state index in [1.54, 1.807) is 0 Å². The molecule has 3 rings (SSSR count). The number of rotatable bonds is 5. The topological polar surface area (TPSA) is 53.9 Å². The predicted molar refractivity (Wildman–Crippen MR) is 94.8 cm³/mol. The van der Waals surface area contributed by atoms with E-state index in [9.17, 15) is 4.79 Å². The van der Waals surface area contributed by atoms with Crippen LogP contribution in [-0.4, -0.2) is 44.0 Å². The molecule has 5 nitrogen and oxygen atoms in total. The third-order valence-electron chi connectivity index (χ3n) is 3.89. The molecule has 124 valence electrons. The Labute approximate surface area is 141 Å². The van der Waals surface area contributed by atoms with E-state index in [4.69, 9.17) is 4.74 Å². The van der Waals surface area contributed by atoms with Crippen LogP contribution in [0.2, 0.25) is 0 Å². The normalized spacial score (nSPS) is 14.1. The smallest absolute Gasteiger partial charge is 0.278 e. The molecule has 1 aliphatic heterocycles. The first-order valence-electron chi connectivity index (χ1n) is 7.95. The highest BCUT2D eigenvalue weighted by Gasteiger charge is 2.14. The largest absolute Gasteiger partial charge is 0.466 e. The zero-order valence-corrected chi connectivity index (χ0v) is 14.0. The molecule has 0 saturated heterocycles. The number of carbonyl (C=O) groups is 1. The molecule has 0 bridgehead atoms. The average molecular weight is 323 g/mol. The first-order valence-corrected chi connectivity index (χ1v) is 7.95. The molecule has 2 aromatic rings. The average Bonchev–Trinajstić information content (AvgIpc) is 2.61. The van der Waals surface area contributed by atoms with E-state index in [2.05, 4.69) is 53.8 Å². The minimum atomic E-state index is -0.232. The van der Waals surface area contributed by atoms with Crippen molar-refractivity contribution in [3.8, 4) is 11.1 Å². The summed E-state index contributed by atoms with van der Waals surface area (Å²) in [6.07, 6.45) is 1.05. The summed E-state index contributed by atoms with van der Waals surface area (Å²) in [4.78, 5) is 13.2. The van der Waals surface area contributed by atoms with Gasteiger partial charge in [-0.25, -0.2) is 5.43 Å². The summed E-state index contributed by atoms with van der Waals surface area (Å²) in [6.45, 7) is 1.06. The van der Waals surface area contributed by atoms with Gasteiger partial charge in [-0.2, -0.15) is 0 Å². The summed E-state index contributed by atoms with van der Waals surface area (Å²) >= 11 is 0. The monoisotopic (exact) mass is 323 g/mol. The van der Waals surface area contributed by atoms with Crippen molar-refractivity contribution in [1.82, 2.24) is 10.3 Å². The SMILES string of the molecule is CN(C)CCc1ccc(-c2ccc(C3=NNC(=O)CO3)cc2)cc1. The van der Waals surface area contributed by atoms with Gasteiger partial charge < -0.3 is 9.64 Å². The second-order valence-corrected chi connectivity index (χ2v) is 6.07. The zero-order valence-electron chi connectivity index (χ0n) is 14.0. The van der Waals surface area contributed by atoms with E-state index in [0.717, 1.165) is 24.1 Å². The molecule has 0 unspecified atom stereocenters. The van der Waals surface area contributed by atoms with Crippen molar-refractivity contribution in [2.24, 2.45) is 5.10 Å². The minimum absolute atomic E-state index is 0.00892. The lowest BCUT2D eigenvalue weighted by molar-refractivity contribution is -0.124. The number of hydrogen-bond donors (Lipinski definition) is 1. The Kier molecular flexibility index (Phi) is 4.91. The molecule has 0 fully saturated rings. The van der Waals surface area contributed by atoms with E-state index in [1.807, 2.05) is 24.3 Å². The summed E-state index contributed by atoms with van der Waals surface area (Å²) < 4.78 is 5.32. The lowest BCUT2D eigenvalue weighted by Crippen LogP contribution is -2.32. The van der Waals surface area contributed by atoms with Gasteiger partial charge in [-0.15, -0.1) is 5.10 Å². The van der Waals surface area contributed by atoms with Crippen LogP contribution in [0.4, 0.5) is 0 Å². The van der Waals surface area contributed by atoms with Crippen molar-refractivity contribution in [3.63, 3.8) is 0 Å². The van der Waals surface area contributed by atoms with Crippen molar-refractivity contribution in [3.05, 3.63) is 59.7 Å². The molecule has 0 saturated carbocycles. The Morgan fingerprint density at radius 3 is 2.12 bits per heavy atom. The molecule has 0 radical (unpaired) electrons. The number of carbonyl (C=O) groups excluding carboxylic acids is 1. The van der Waals surface area contributed by atoms with Gasteiger partial charge in [-0.05, 0) is 49.3 Å². The van der Waals surface area contributed by atoms with Crippen molar-refractivity contribution < 1.29 is 9.53 Å². The van der Waals surface area contributed by atoms with Crippen LogP contribution < -0.4 is 5.43 Å². The number of likely N-dealkylation sites (N-methyl/N-ethyl adjacent to an activating group) is 1. The van der Waals surface area contributed by atoms with Crippen molar-refractivity contribution in [2.75, 3.05) is 27.2 Å². The molecule has 1 N–H and O–H groups in total. The van der Waals surface area contributed by atoms with Crippen molar-refractivity contribution in [2.45, 2.75) is 6.42 Å². The second-order valence-electron chi connectivity index (χ2n) is 6.07. The third kappa shape index (κ3) is 4.00. The first kappa shape index (κ1) is 16.2. The van der Waals surface area contributed by atoms with Gasteiger partial charge in [0.2, 0.25) is 5.90 Å². The number of hydrazone groups is 1. The number of hydrogen-bond acceptors (Lipinski definition) is 4. The van der Waals surface area contributed by atoms with Crippen LogP contribution in [0.25, 0.3) is 11.1 Å². The molecule has 0 aliphatic carbocycles. The molecule has 1 aliphatic rings. The van der Waals surface area contributed by atoms with Crippen LogP contribution in [0, 0.1) is 0 Å². The second kappa shape index (κ2) is 7.27. The molecule has 1 amide bonds. The van der Waals surface area contributed by atoms with Gasteiger partial charge in [0.25, 0.3) is 5.91 Å². The minimum Gasteiger partial charge on any atom is -0.466 e. The Bertz CT molecular complexity index is 734. The van der Waals surface area contributed by atoms with Gasteiger partial charge in [-0.1, -0.05) is 36.4 Å². The van der Waals surface area contributed by atoms with Crippen LogP contribution in [0.3, 0.4) is 0 Å². The van der Waals surface area contributed by atoms with Crippen LogP contribution in [0.1, 0.15) is 11.1 Å². The number of ether oxygens (including phenoxy) is 1. The maximum absolute atomic E-state index is 11.0. The quantitative estimate of drug-likeness (QED) is 0.918. The summed E-state index contributed by atoms with van der Waals surface area (Å²) in [6, 6.07) is 16.6. The fourth-order valence-electron chi connectivity index (χ4n) is 2.48. The maximum atomic E-state index is 11.0. The van der Waals surface area contributed by atoms with Gasteiger partial charge in [-0.3, -0.25) is 4.79 Å². The molecular weight excluding hydrogens is 302 g/mol. The molecule has 2 aromatic carbocycles. The van der Waals surface area contributed by atoms with Crippen molar-refractivity contribution in [1.29, 1.82) is 0 Å². The molecule has 0 spiro atoms. The van der Waals surface area contributed by atoms with E-state index in [1.165, 1.54) is 11.1 Å². The molecule has 5 heteroatoms. The van der Waals surface area contributed by atoms with Gasteiger partial charge in [0.15, 0.2) is 6.61 Å². The van der Waals surface area contributed by atoms with E-state index < -0.39 is 0 Å². The summed E-state index contributed by atoms with van der Waals surface area (Å²) in [5, 5.41) is 3.92. The molecule has 0 atom stereocenters. The fraction of sp³-hybridized carbons (Fsp3) is 0.263. The van der Waals surface area contributed by atoms with Crippen molar-refractivity contribution >= 4 is 11.8 Å². The van der Waals surface area contributed by atoms with Crippen LogP contribution in [0.15, 0.2) is 53.6 Å². The van der Waals surface area contributed by atoms with E-state index in [-0.39, 0.29) is 12.5 Å². The highest BCUT2D eigenvalue weighted by Crippen LogP contribution is 2.21. The number of amides is 1. The fourth-order valence-corrected chi connectivity index (χ4v) is 2.48. The van der Waals surface area contributed by atoms with E-state index >= 15 is 0 Å². The molecule has 1 heterocycles. The standard InChI is InChI=1S/C19H21N3O2/c1-22(2)12-11-14-3-5-15(6-4-14)16-7-9-17(10-8-16)19-21-20-18(23)13-24-19/h3-10H,11-13H2,1-2H3,(H,20,23). The third-order valence-corrected chi connectivity index (χ3v) is 3.89. The molecule has 24 heavy (non-hydrogen) atoms. The predicted octanol–water partition coefficient (Wildman–Crippen LogP) is 2.27. The highest BCUT2D eigenvalue weighted by molar-refractivity contribution is 5.98. The zero-order chi connectivity index (χ0) is 16.9. The van der Waals surface area contributed by atoms with Gasteiger partial charge in [0.05, 0.1) is 0 Å². The van der Waals surface area contributed by atoms with Crippen LogP contribution >= 0.6 is 0 Å². The summed E-state index contributed by atoms with van der Waals surface area (Å²) in [5.74, 6) is 0.213.